The summed E-state index contributed by atoms with van der Waals surface area (Å²) in [6, 6.07) is 8.29. The van der Waals surface area contributed by atoms with Crippen LogP contribution in [0.15, 0.2) is 30.3 Å². The van der Waals surface area contributed by atoms with Crippen LogP contribution in [0.5, 0.6) is 0 Å². The third kappa shape index (κ3) is 3.38. The molecule has 0 aliphatic heterocycles. The summed E-state index contributed by atoms with van der Waals surface area (Å²) in [6.45, 7) is 0. The van der Waals surface area contributed by atoms with Crippen LogP contribution in [0.1, 0.15) is 5.69 Å². The van der Waals surface area contributed by atoms with Crippen molar-refractivity contribution >= 4 is 40.8 Å². The maximum Gasteiger partial charge on any atom is 0.309 e. The van der Waals surface area contributed by atoms with E-state index in [0.29, 0.717) is 26.9 Å². The molecule has 0 bridgehead atoms. The van der Waals surface area contributed by atoms with Crippen molar-refractivity contribution in [2.75, 3.05) is 0 Å². The zero-order chi connectivity index (χ0) is 14.0. The number of carboxylic acids is 1. The predicted octanol–water partition coefficient (Wildman–Crippen LogP) is 4.34. The monoisotopic (exact) mass is 315 g/mol. The lowest BCUT2D eigenvalue weighted by molar-refractivity contribution is -0.136. The number of benzene rings is 1. The second-order valence-corrected chi connectivity index (χ2v) is 5.05. The van der Waals surface area contributed by atoms with E-state index in [9.17, 15) is 4.79 Å². The lowest BCUT2D eigenvalue weighted by Crippen LogP contribution is -2.04. The van der Waals surface area contributed by atoms with E-state index in [1.165, 1.54) is 0 Å². The van der Waals surface area contributed by atoms with Crippen molar-refractivity contribution < 1.29 is 9.90 Å². The Kier molecular flexibility index (Phi) is 4.30. The molecule has 1 aromatic heterocycles. The van der Waals surface area contributed by atoms with Gasteiger partial charge in [0.25, 0.3) is 0 Å². The van der Waals surface area contributed by atoms with Crippen molar-refractivity contribution in [3.05, 3.63) is 51.2 Å². The fourth-order valence-corrected chi connectivity index (χ4v) is 2.38. The van der Waals surface area contributed by atoms with E-state index in [0.717, 1.165) is 0 Å². The standard InChI is InChI=1S/C13H8Cl3NO2/c14-7-1-2-8(10(15)5-7)9-3-4-12(16)17-11(9)6-13(18)19/h1-5H,6H2,(H,18,19). The number of rotatable bonds is 3. The first-order valence-electron chi connectivity index (χ1n) is 5.30. The van der Waals surface area contributed by atoms with Gasteiger partial charge in [-0.25, -0.2) is 4.98 Å². The molecule has 0 aliphatic carbocycles. The molecule has 0 amide bonds. The van der Waals surface area contributed by atoms with E-state index >= 15 is 0 Å². The molecule has 1 N–H and O–H groups in total. The molecule has 19 heavy (non-hydrogen) atoms. The zero-order valence-corrected chi connectivity index (χ0v) is 11.8. The average Bonchev–Trinajstić information content (AvgIpc) is 2.30. The van der Waals surface area contributed by atoms with Gasteiger partial charge in [0.05, 0.1) is 12.1 Å². The largest absolute Gasteiger partial charge is 0.481 e. The molecule has 0 fully saturated rings. The molecule has 1 aromatic carbocycles. The van der Waals surface area contributed by atoms with E-state index in [-0.39, 0.29) is 11.6 Å². The van der Waals surface area contributed by atoms with Gasteiger partial charge in [0.15, 0.2) is 0 Å². The van der Waals surface area contributed by atoms with Gasteiger partial charge in [-0.15, -0.1) is 0 Å². The van der Waals surface area contributed by atoms with Crippen LogP contribution in [0.4, 0.5) is 0 Å². The molecule has 0 saturated carbocycles. The number of aromatic nitrogens is 1. The molecule has 6 heteroatoms. The molecule has 0 aliphatic rings. The number of hydrogen-bond acceptors (Lipinski definition) is 2. The van der Waals surface area contributed by atoms with E-state index in [1.54, 1.807) is 30.3 Å². The van der Waals surface area contributed by atoms with Crippen LogP contribution in [0, 0.1) is 0 Å². The van der Waals surface area contributed by atoms with Crippen molar-refractivity contribution in [1.82, 2.24) is 4.98 Å². The van der Waals surface area contributed by atoms with Crippen LogP contribution in [0.2, 0.25) is 15.2 Å². The third-order valence-electron chi connectivity index (χ3n) is 2.48. The summed E-state index contributed by atoms with van der Waals surface area (Å²) in [5.41, 5.74) is 1.67. The van der Waals surface area contributed by atoms with Crippen LogP contribution in [-0.4, -0.2) is 16.1 Å². The highest BCUT2D eigenvalue weighted by molar-refractivity contribution is 6.36. The Morgan fingerprint density at radius 3 is 2.42 bits per heavy atom. The number of aliphatic carboxylic acids is 1. The summed E-state index contributed by atoms with van der Waals surface area (Å²) in [4.78, 5) is 14.9. The van der Waals surface area contributed by atoms with Gasteiger partial charge >= 0.3 is 5.97 Å². The summed E-state index contributed by atoms with van der Waals surface area (Å²) >= 11 is 17.8. The normalized spacial score (nSPS) is 10.5. The second kappa shape index (κ2) is 5.78. The molecule has 0 spiro atoms. The summed E-state index contributed by atoms with van der Waals surface area (Å²) in [5, 5.41) is 10.1. The number of pyridine rings is 1. The van der Waals surface area contributed by atoms with Gasteiger partial charge in [0.2, 0.25) is 0 Å². The van der Waals surface area contributed by atoms with Gasteiger partial charge in [-0.05, 0) is 24.3 Å². The van der Waals surface area contributed by atoms with Crippen LogP contribution in [0.25, 0.3) is 11.1 Å². The summed E-state index contributed by atoms with van der Waals surface area (Å²) in [7, 11) is 0. The van der Waals surface area contributed by atoms with Gasteiger partial charge < -0.3 is 5.11 Å². The smallest absolute Gasteiger partial charge is 0.309 e. The van der Waals surface area contributed by atoms with E-state index in [2.05, 4.69) is 4.98 Å². The predicted molar refractivity (Wildman–Crippen MR) is 76.0 cm³/mol. The molecule has 2 aromatic rings. The maximum atomic E-state index is 10.9. The highest BCUT2D eigenvalue weighted by Gasteiger charge is 2.13. The molecule has 0 atom stereocenters. The number of carbonyl (C=O) groups is 1. The molecule has 2 rings (SSSR count). The minimum absolute atomic E-state index is 0.227. The maximum absolute atomic E-state index is 10.9. The first-order chi connectivity index (χ1) is 8.97. The van der Waals surface area contributed by atoms with Crippen molar-refractivity contribution in [2.45, 2.75) is 6.42 Å². The number of halogens is 3. The van der Waals surface area contributed by atoms with Crippen molar-refractivity contribution in [1.29, 1.82) is 0 Å². The Balaban J connectivity index is 2.57. The van der Waals surface area contributed by atoms with Gasteiger partial charge in [-0.3, -0.25) is 4.79 Å². The lowest BCUT2D eigenvalue weighted by Gasteiger charge is -2.09. The molecular formula is C13H8Cl3NO2. The first kappa shape index (κ1) is 14.1. The fourth-order valence-electron chi connectivity index (χ4n) is 1.71. The van der Waals surface area contributed by atoms with E-state index < -0.39 is 5.97 Å². The van der Waals surface area contributed by atoms with Crippen LogP contribution < -0.4 is 0 Å². The van der Waals surface area contributed by atoms with Crippen molar-refractivity contribution in [3.8, 4) is 11.1 Å². The topological polar surface area (TPSA) is 50.2 Å². The molecule has 0 saturated heterocycles. The van der Waals surface area contributed by atoms with Gasteiger partial charge in [0, 0.05) is 21.2 Å². The Bertz CT molecular complexity index is 644. The zero-order valence-electron chi connectivity index (χ0n) is 9.53. The number of nitrogens with zero attached hydrogens (tertiary/aromatic N) is 1. The molecule has 3 nitrogen and oxygen atoms in total. The first-order valence-corrected chi connectivity index (χ1v) is 6.43. The molecule has 0 unspecified atom stereocenters. The number of hydrogen-bond donors (Lipinski definition) is 1. The summed E-state index contributed by atoms with van der Waals surface area (Å²) in [5.74, 6) is -0.985. The van der Waals surface area contributed by atoms with Crippen molar-refractivity contribution in [2.24, 2.45) is 0 Å². The second-order valence-electron chi connectivity index (χ2n) is 3.82. The Labute approximate surface area is 124 Å². The van der Waals surface area contributed by atoms with E-state index in [1.807, 2.05) is 0 Å². The SMILES string of the molecule is O=C(O)Cc1nc(Cl)ccc1-c1ccc(Cl)cc1Cl. The fraction of sp³-hybridized carbons (Fsp3) is 0.0769. The molecule has 0 radical (unpaired) electrons. The Morgan fingerprint density at radius 1 is 1.11 bits per heavy atom. The van der Waals surface area contributed by atoms with Crippen molar-refractivity contribution in [3.63, 3.8) is 0 Å². The average molecular weight is 317 g/mol. The summed E-state index contributed by atoms with van der Waals surface area (Å²) in [6.07, 6.45) is -0.227. The molecule has 98 valence electrons. The third-order valence-corrected chi connectivity index (χ3v) is 3.24. The van der Waals surface area contributed by atoms with Gasteiger partial charge in [-0.2, -0.15) is 0 Å². The summed E-state index contributed by atoms with van der Waals surface area (Å²) < 4.78 is 0. The van der Waals surface area contributed by atoms with Crippen LogP contribution in [0.3, 0.4) is 0 Å². The van der Waals surface area contributed by atoms with E-state index in [4.69, 9.17) is 39.9 Å². The van der Waals surface area contributed by atoms with Gasteiger partial charge in [0.1, 0.15) is 5.15 Å². The highest BCUT2D eigenvalue weighted by atomic mass is 35.5. The Morgan fingerprint density at radius 2 is 1.79 bits per heavy atom. The minimum atomic E-state index is -0.985. The quantitative estimate of drug-likeness (QED) is 0.857. The van der Waals surface area contributed by atoms with Gasteiger partial charge in [-0.1, -0.05) is 40.9 Å². The Hall–Kier alpha value is -1.29. The lowest BCUT2D eigenvalue weighted by atomic mass is 10.0. The number of carboxylic acid groups (broad SMARTS) is 1. The minimum Gasteiger partial charge on any atom is -0.481 e. The highest BCUT2D eigenvalue weighted by Crippen LogP contribution is 2.32. The van der Waals surface area contributed by atoms with Crippen LogP contribution in [-0.2, 0) is 11.2 Å². The molecule has 1 heterocycles. The van der Waals surface area contributed by atoms with Crippen LogP contribution >= 0.6 is 34.8 Å². The molecular weight excluding hydrogens is 309 g/mol.